The molecule has 0 saturated carbocycles. The van der Waals surface area contributed by atoms with Crippen LogP contribution in [-0.2, 0) is 4.79 Å². The van der Waals surface area contributed by atoms with Gasteiger partial charge in [0.1, 0.15) is 18.2 Å². The molecule has 98 valence electrons. The second-order valence-electron chi connectivity index (χ2n) is 4.06. The topological polar surface area (TPSA) is 67.3 Å². The van der Waals surface area contributed by atoms with Crippen LogP contribution in [0.2, 0.25) is 0 Å². The number of nitrogens with zero attached hydrogens (tertiary/aromatic N) is 3. The Morgan fingerprint density at radius 2 is 2.33 bits per heavy atom. The van der Waals surface area contributed by atoms with Crippen LogP contribution in [0.5, 0.6) is 5.88 Å². The van der Waals surface area contributed by atoms with Crippen LogP contribution in [0.1, 0.15) is 20.3 Å². The van der Waals surface area contributed by atoms with E-state index >= 15 is 0 Å². The highest BCUT2D eigenvalue weighted by Gasteiger charge is 2.29. The minimum absolute atomic E-state index is 0.0559. The molecule has 1 aromatic heterocycles. The molecule has 1 amide bonds. The maximum absolute atomic E-state index is 11.8. The molecule has 1 aliphatic heterocycles. The van der Waals surface area contributed by atoms with Gasteiger partial charge >= 0.3 is 0 Å². The monoisotopic (exact) mass is 250 g/mol. The predicted molar refractivity (Wildman–Crippen MR) is 67.6 cm³/mol. The van der Waals surface area contributed by atoms with Gasteiger partial charge in [0.2, 0.25) is 11.8 Å². The first-order valence-corrected chi connectivity index (χ1v) is 6.25. The summed E-state index contributed by atoms with van der Waals surface area (Å²) in [6, 6.07) is 1.62. The Morgan fingerprint density at radius 1 is 1.50 bits per heavy atom. The first-order valence-electron chi connectivity index (χ1n) is 6.25. The number of amides is 1. The normalized spacial score (nSPS) is 19.6. The molecule has 1 N–H and O–H groups in total. The number of anilines is 1. The zero-order valence-electron chi connectivity index (χ0n) is 10.7. The van der Waals surface area contributed by atoms with E-state index in [1.807, 2.05) is 18.7 Å². The Hall–Kier alpha value is -1.85. The van der Waals surface area contributed by atoms with E-state index in [4.69, 9.17) is 4.74 Å². The summed E-state index contributed by atoms with van der Waals surface area (Å²) in [6.07, 6.45) is 2.22. The van der Waals surface area contributed by atoms with Crippen LogP contribution in [0.4, 0.5) is 5.82 Å². The number of rotatable bonds is 4. The van der Waals surface area contributed by atoms with Gasteiger partial charge in [0, 0.05) is 19.2 Å². The van der Waals surface area contributed by atoms with Crippen molar-refractivity contribution in [1.82, 2.24) is 15.3 Å². The molecule has 2 rings (SSSR count). The van der Waals surface area contributed by atoms with Gasteiger partial charge in [-0.25, -0.2) is 9.97 Å². The SMILES string of the molecule is CCOc1cc(N2CCNC(=O)C2CC)ncn1. The molecule has 0 aliphatic carbocycles. The molecule has 1 aromatic rings. The van der Waals surface area contributed by atoms with E-state index in [2.05, 4.69) is 15.3 Å². The van der Waals surface area contributed by atoms with Crippen LogP contribution < -0.4 is 15.0 Å². The highest BCUT2D eigenvalue weighted by Crippen LogP contribution is 2.20. The van der Waals surface area contributed by atoms with Gasteiger partial charge in [0.25, 0.3) is 0 Å². The van der Waals surface area contributed by atoms with Crippen LogP contribution in [0.15, 0.2) is 12.4 Å². The van der Waals surface area contributed by atoms with E-state index < -0.39 is 0 Å². The summed E-state index contributed by atoms with van der Waals surface area (Å²) >= 11 is 0. The minimum Gasteiger partial charge on any atom is -0.478 e. The van der Waals surface area contributed by atoms with Gasteiger partial charge in [-0.05, 0) is 13.3 Å². The number of ether oxygens (including phenoxy) is 1. The molecule has 0 spiro atoms. The first kappa shape index (κ1) is 12.6. The van der Waals surface area contributed by atoms with Gasteiger partial charge in [-0.3, -0.25) is 4.79 Å². The summed E-state index contributed by atoms with van der Waals surface area (Å²) in [4.78, 5) is 22.1. The molecule has 0 radical (unpaired) electrons. The van der Waals surface area contributed by atoms with Crippen molar-refractivity contribution in [3.63, 3.8) is 0 Å². The maximum Gasteiger partial charge on any atom is 0.242 e. The van der Waals surface area contributed by atoms with Crippen LogP contribution >= 0.6 is 0 Å². The largest absolute Gasteiger partial charge is 0.478 e. The Kier molecular flexibility index (Phi) is 3.96. The van der Waals surface area contributed by atoms with Gasteiger partial charge in [0.05, 0.1) is 6.61 Å². The number of nitrogens with one attached hydrogen (secondary N) is 1. The number of aromatic nitrogens is 2. The third kappa shape index (κ3) is 2.52. The third-order valence-electron chi connectivity index (χ3n) is 2.93. The molecule has 1 unspecified atom stereocenters. The van der Waals surface area contributed by atoms with Crippen molar-refractivity contribution in [1.29, 1.82) is 0 Å². The highest BCUT2D eigenvalue weighted by molar-refractivity contribution is 5.86. The fraction of sp³-hybridized carbons (Fsp3) is 0.583. The average Bonchev–Trinajstić information content (AvgIpc) is 2.39. The lowest BCUT2D eigenvalue weighted by Gasteiger charge is -2.35. The molecular formula is C12H18N4O2. The van der Waals surface area contributed by atoms with Crippen molar-refractivity contribution in [2.45, 2.75) is 26.3 Å². The molecule has 6 nitrogen and oxygen atoms in total. The zero-order valence-corrected chi connectivity index (χ0v) is 10.7. The number of carbonyl (C=O) groups is 1. The summed E-state index contributed by atoms with van der Waals surface area (Å²) in [5, 5.41) is 2.87. The van der Waals surface area contributed by atoms with Gasteiger partial charge < -0.3 is 15.0 Å². The quantitative estimate of drug-likeness (QED) is 0.847. The third-order valence-corrected chi connectivity index (χ3v) is 2.93. The summed E-state index contributed by atoms with van der Waals surface area (Å²) in [7, 11) is 0. The van der Waals surface area contributed by atoms with Crippen LogP contribution in [0.3, 0.4) is 0 Å². The van der Waals surface area contributed by atoms with Gasteiger partial charge in [-0.2, -0.15) is 0 Å². The summed E-state index contributed by atoms with van der Waals surface area (Å²) in [5.74, 6) is 1.35. The molecular weight excluding hydrogens is 232 g/mol. The van der Waals surface area contributed by atoms with Crippen LogP contribution in [0.25, 0.3) is 0 Å². The number of hydrogen-bond donors (Lipinski definition) is 1. The summed E-state index contributed by atoms with van der Waals surface area (Å²) in [6.45, 7) is 5.86. The Morgan fingerprint density at radius 3 is 3.06 bits per heavy atom. The Labute approximate surface area is 106 Å². The molecule has 1 fully saturated rings. The van der Waals surface area contributed by atoms with Crippen molar-refractivity contribution in [2.75, 3.05) is 24.6 Å². The second kappa shape index (κ2) is 5.66. The lowest BCUT2D eigenvalue weighted by Crippen LogP contribution is -2.55. The van der Waals surface area contributed by atoms with Crippen molar-refractivity contribution in [3.05, 3.63) is 12.4 Å². The minimum atomic E-state index is -0.164. The van der Waals surface area contributed by atoms with Crippen molar-refractivity contribution in [2.24, 2.45) is 0 Å². The Bertz CT molecular complexity index is 424. The van der Waals surface area contributed by atoms with E-state index in [9.17, 15) is 4.79 Å². The van der Waals surface area contributed by atoms with E-state index in [0.29, 0.717) is 19.0 Å². The Balaban J connectivity index is 2.23. The van der Waals surface area contributed by atoms with Gasteiger partial charge in [0.15, 0.2) is 0 Å². The van der Waals surface area contributed by atoms with E-state index in [1.165, 1.54) is 6.33 Å². The van der Waals surface area contributed by atoms with Crippen LogP contribution in [-0.4, -0.2) is 41.6 Å². The standard InChI is InChI=1S/C12H18N4O2/c1-3-9-12(17)13-5-6-16(9)10-7-11(18-4-2)15-8-14-10/h7-9H,3-6H2,1-2H3,(H,13,17). The van der Waals surface area contributed by atoms with Gasteiger partial charge in [-0.1, -0.05) is 6.92 Å². The number of piperazine rings is 1. The smallest absolute Gasteiger partial charge is 0.242 e. The van der Waals surface area contributed by atoms with E-state index in [-0.39, 0.29) is 11.9 Å². The maximum atomic E-state index is 11.8. The van der Waals surface area contributed by atoms with Gasteiger partial charge in [-0.15, -0.1) is 0 Å². The lowest BCUT2D eigenvalue weighted by atomic mass is 10.1. The summed E-state index contributed by atoms with van der Waals surface area (Å²) < 4.78 is 5.35. The molecule has 18 heavy (non-hydrogen) atoms. The molecule has 0 aromatic carbocycles. The lowest BCUT2D eigenvalue weighted by molar-refractivity contribution is -0.123. The van der Waals surface area contributed by atoms with E-state index in [1.54, 1.807) is 6.07 Å². The number of hydrogen-bond acceptors (Lipinski definition) is 5. The molecule has 2 heterocycles. The molecule has 1 atom stereocenters. The molecule has 6 heteroatoms. The predicted octanol–water partition coefficient (Wildman–Crippen LogP) is 0.590. The van der Waals surface area contributed by atoms with E-state index in [0.717, 1.165) is 18.8 Å². The average molecular weight is 250 g/mol. The fourth-order valence-corrected chi connectivity index (χ4v) is 2.11. The molecule has 0 bridgehead atoms. The first-order chi connectivity index (χ1) is 8.76. The van der Waals surface area contributed by atoms with Crippen molar-refractivity contribution < 1.29 is 9.53 Å². The van der Waals surface area contributed by atoms with Crippen molar-refractivity contribution >= 4 is 11.7 Å². The summed E-state index contributed by atoms with van der Waals surface area (Å²) in [5.41, 5.74) is 0. The zero-order chi connectivity index (χ0) is 13.0. The van der Waals surface area contributed by atoms with Crippen molar-refractivity contribution in [3.8, 4) is 5.88 Å². The second-order valence-corrected chi connectivity index (χ2v) is 4.06. The van der Waals surface area contributed by atoms with Crippen LogP contribution in [0, 0.1) is 0 Å². The fourth-order valence-electron chi connectivity index (χ4n) is 2.11. The molecule has 1 saturated heterocycles. The number of carbonyl (C=O) groups excluding carboxylic acids is 1. The molecule has 1 aliphatic rings. The highest BCUT2D eigenvalue weighted by atomic mass is 16.5.